The summed E-state index contributed by atoms with van der Waals surface area (Å²) in [6.07, 6.45) is 9.30. The molecule has 0 unspecified atom stereocenters. The number of carbonyl (C=O) groups excluding carboxylic acids is 2. The first kappa shape index (κ1) is 39.5. The van der Waals surface area contributed by atoms with E-state index in [1.165, 1.54) is 23.0 Å². The van der Waals surface area contributed by atoms with Crippen molar-refractivity contribution in [1.29, 1.82) is 0 Å². The van der Waals surface area contributed by atoms with Crippen LogP contribution in [0.25, 0.3) is 22.3 Å². The topological polar surface area (TPSA) is 120 Å². The second kappa shape index (κ2) is 16.8. The zero-order valence-corrected chi connectivity index (χ0v) is 34.3. The summed E-state index contributed by atoms with van der Waals surface area (Å²) in [7, 11) is 1.86. The maximum absolute atomic E-state index is 13.9. The van der Waals surface area contributed by atoms with Crippen molar-refractivity contribution in [2.45, 2.75) is 91.3 Å². The Morgan fingerprint density at radius 2 is 1.51 bits per heavy atom. The number of aromatic nitrogens is 5. The molecule has 6 aromatic rings. The Balaban J connectivity index is 1.02. The summed E-state index contributed by atoms with van der Waals surface area (Å²) in [6, 6.07) is 24.4. The average molecular weight is 763 g/mol. The number of H-pyrrole nitrogens is 1. The normalized spacial score (nSPS) is 16.1. The van der Waals surface area contributed by atoms with Crippen molar-refractivity contribution in [2.24, 2.45) is 0 Å². The number of pyridine rings is 2. The van der Waals surface area contributed by atoms with Gasteiger partial charge in [0.1, 0.15) is 17.7 Å². The standard InChI is InChI=1S/C47H54N8O2/c1-30-12-9-22-48-41(30)39-14-8-15-40(42-31(2)13-10-23-49-42)55(39)25-11-24-54(7)46(57)38-27-37-43(51-29-52-44(37)53-38)34-16-17-35(32(3)26-34)28-50-45(56)33-18-20-36(21-19-33)47(4,5)6/h9-10,12-13,16-23,26-27,29,39-40H,8,11,14-15,24-25,28H2,1-7H3,(H,50,56)(H,51,52,53)/t39-,40+. The maximum Gasteiger partial charge on any atom is 0.270 e. The van der Waals surface area contributed by atoms with Crippen molar-refractivity contribution in [3.8, 4) is 11.3 Å². The van der Waals surface area contributed by atoms with Gasteiger partial charge in [-0.05, 0) is 116 Å². The van der Waals surface area contributed by atoms with Gasteiger partial charge in [-0.15, -0.1) is 0 Å². The SMILES string of the molecule is Cc1cc(-c2ncnc3[nH]c(C(=O)N(C)CCCN4[C@@H](c5ncccc5C)CCC[C@H]4c4ncccc4C)cc23)ccc1CNC(=O)c1ccc(C(C)(C)C)cc1. The number of hydrogen-bond donors (Lipinski definition) is 2. The second-order valence-electron chi connectivity index (χ2n) is 16.5. The Bertz CT molecular complexity index is 2320. The molecule has 5 heterocycles. The molecular weight excluding hydrogens is 709 g/mol. The van der Waals surface area contributed by atoms with Gasteiger partial charge in [0.2, 0.25) is 0 Å². The highest BCUT2D eigenvalue weighted by Gasteiger charge is 2.35. The molecule has 1 fully saturated rings. The van der Waals surface area contributed by atoms with E-state index in [0.717, 1.165) is 71.4 Å². The Kier molecular flexibility index (Phi) is 11.6. The first-order valence-corrected chi connectivity index (χ1v) is 20.1. The predicted octanol–water partition coefficient (Wildman–Crippen LogP) is 9.00. The fourth-order valence-corrected chi connectivity index (χ4v) is 8.17. The van der Waals surface area contributed by atoms with Crippen molar-refractivity contribution < 1.29 is 9.59 Å². The van der Waals surface area contributed by atoms with Gasteiger partial charge in [0.15, 0.2) is 0 Å². The number of nitrogens with one attached hydrogen (secondary N) is 2. The van der Waals surface area contributed by atoms with E-state index in [0.29, 0.717) is 30.0 Å². The molecule has 10 nitrogen and oxygen atoms in total. The van der Waals surface area contributed by atoms with Crippen LogP contribution in [0, 0.1) is 20.8 Å². The van der Waals surface area contributed by atoms with Crippen LogP contribution in [0.4, 0.5) is 0 Å². The van der Waals surface area contributed by atoms with Gasteiger partial charge in [-0.25, -0.2) is 9.97 Å². The highest BCUT2D eigenvalue weighted by atomic mass is 16.2. The Labute approximate surface area is 336 Å². The Hall–Kier alpha value is -5.74. The third-order valence-electron chi connectivity index (χ3n) is 11.5. The van der Waals surface area contributed by atoms with Gasteiger partial charge >= 0.3 is 0 Å². The molecule has 10 heteroatoms. The van der Waals surface area contributed by atoms with Crippen LogP contribution in [0.15, 0.2) is 91.5 Å². The zero-order valence-electron chi connectivity index (χ0n) is 34.3. The minimum atomic E-state index is -0.107. The molecule has 2 aromatic carbocycles. The summed E-state index contributed by atoms with van der Waals surface area (Å²) < 4.78 is 0. The lowest BCUT2D eigenvalue weighted by Gasteiger charge is -2.42. The van der Waals surface area contributed by atoms with E-state index in [1.807, 2.05) is 81.0 Å². The number of nitrogens with zero attached hydrogens (tertiary/aromatic N) is 6. The Morgan fingerprint density at radius 1 is 0.842 bits per heavy atom. The van der Waals surface area contributed by atoms with Gasteiger partial charge in [-0.1, -0.05) is 57.2 Å². The maximum atomic E-state index is 13.9. The van der Waals surface area contributed by atoms with Crippen LogP contribution in [0.5, 0.6) is 0 Å². The summed E-state index contributed by atoms with van der Waals surface area (Å²) in [6.45, 7) is 14.6. The number of aromatic amines is 1. The summed E-state index contributed by atoms with van der Waals surface area (Å²) >= 11 is 0. The second-order valence-corrected chi connectivity index (χ2v) is 16.5. The number of likely N-dealkylation sites (tertiary alicyclic amines) is 1. The van der Waals surface area contributed by atoms with E-state index in [2.05, 4.69) is 78.0 Å². The van der Waals surface area contributed by atoms with E-state index in [-0.39, 0.29) is 29.3 Å². The van der Waals surface area contributed by atoms with E-state index < -0.39 is 0 Å². The number of rotatable bonds is 11. The molecule has 2 atom stereocenters. The van der Waals surface area contributed by atoms with Crippen molar-refractivity contribution in [2.75, 3.05) is 20.1 Å². The van der Waals surface area contributed by atoms with Gasteiger partial charge in [0, 0.05) is 55.6 Å². The lowest BCUT2D eigenvalue weighted by atomic mass is 9.87. The number of amides is 2. The number of benzene rings is 2. The van der Waals surface area contributed by atoms with E-state index in [1.54, 1.807) is 4.90 Å². The molecule has 0 aliphatic carbocycles. The smallest absolute Gasteiger partial charge is 0.270 e. The molecule has 1 saturated heterocycles. The third kappa shape index (κ3) is 8.66. The fraction of sp³-hybridized carbons (Fsp3) is 0.362. The van der Waals surface area contributed by atoms with Crippen LogP contribution in [-0.2, 0) is 12.0 Å². The zero-order chi connectivity index (χ0) is 40.3. The first-order chi connectivity index (χ1) is 27.4. The Morgan fingerprint density at radius 3 is 2.12 bits per heavy atom. The number of aryl methyl sites for hydroxylation is 3. The lowest BCUT2D eigenvalue weighted by molar-refractivity contribution is 0.0661. The number of piperidine rings is 1. The van der Waals surface area contributed by atoms with Crippen LogP contribution in [-0.4, -0.2) is 66.7 Å². The van der Waals surface area contributed by atoms with Crippen molar-refractivity contribution in [3.63, 3.8) is 0 Å². The monoisotopic (exact) mass is 762 g/mol. The van der Waals surface area contributed by atoms with Crippen LogP contribution >= 0.6 is 0 Å². The summed E-state index contributed by atoms with van der Waals surface area (Å²) in [4.78, 5) is 53.3. The molecule has 57 heavy (non-hydrogen) atoms. The molecule has 0 saturated carbocycles. The molecule has 0 spiro atoms. The molecule has 4 aromatic heterocycles. The molecule has 1 aliphatic heterocycles. The van der Waals surface area contributed by atoms with Crippen molar-refractivity contribution >= 4 is 22.8 Å². The quantitative estimate of drug-likeness (QED) is 0.135. The number of carbonyl (C=O) groups is 2. The highest BCUT2D eigenvalue weighted by molar-refractivity contribution is 6.00. The van der Waals surface area contributed by atoms with Crippen LogP contribution < -0.4 is 5.32 Å². The molecule has 1 aliphatic rings. The van der Waals surface area contributed by atoms with Gasteiger partial charge in [-0.3, -0.25) is 24.5 Å². The average Bonchev–Trinajstić information content (AvgIpc) is 3.65. The lowest BCUT2D eigenvalue weighted by Crippen LogP contribution is -2.40. The predicted molar refractivity (Wildman–Crippen MR) is 226 cm³/mol. The summed E-state index contributed by atoms with van der Waals surface area (Å²) in [5, 5.41) is 3.85. The largest absolute Gasteiger partial charge is 0.348 e. The minimum absolute atomic E-state index is 0.0285. The molecule has 2 N–H and O–H groups in total. The van der Waals surface area contributed by atoms with Crippen molar-refractivity contribution in [3.05, 3.63) is 142 Å². The van der Waals surface area contributed by atoms with E-state index >= 15 is 0 Å². The fourth-order valence-electron chi connectivity index (χ4n) is 8.17. The van der Waals surface area contributed by atoms with Gasteiger partial charge < -0.3 is 15.2 Å². The van der Waals surface area contributed by atoms with Gasteiger partial charge in [0.05, 0.1) is 29.2 Å². The van der Waals surface area contributed by atoms with Crippen LogP contribution in [0.3, 0.4) is 0 Å². The number of hydrogen-bond acceptors (Lipinski definition) is 7. The van der Waals surface area contributed by atoms with Gasteiger partial charge in [-0.2, -0.15) is 0 Å². The van der Waals surface area contributed by atoms with E-state index in [9.17, 15) is 9.59 Å². The first-order valence-electron chi connectivity index (χ1n) is 20.1. The molecule has 0 bridgehead atoms. The molecular formula is C47H54N8O2. The molecule has 2 amide bonds. The highest BCUT2D eigenvalue weighted by Crippen LogP contribution is 2.42. The molecule has 7 rings (SSSR count). The molecule has 294 valence electrons. The summed E-state index contributed by atoms with van der Waals surface area (Å²) in [5.74, 6) is -0.202. The molecule has 0 radical (unpaired) electrons. The van der Waals surface area contributed by atoms with Crippen LogP contribution in [0.2, 0.25) is 0 Å². The van der Waals surface area contributed by atoms with Gasteiger partial charge in [0.25, 0.3) is 11.8 Å². The van der Waals surface area contributed by atoms with Crippen molar-refractivity contribution in [1.82, 2.24) is 40.0 Å². The third-order valence-corrected chi connectivity index (χ3v) is 11.5. The summed E-state index contributed by atoms with van der Waals surface area (Å²) in [5.41, 5.74) is 11.3. The van der Waals surface area contributed by atoms with E-state index in [4.69, 9.17) is 9.97 Å². The van der Waals surface area contributed by atoms with Crippen LogP contribution in [0.1, 0.15) is 119 Å². The minimum Gasteiger partial charge on any atom is -0.348 e. The number of fused-ring (bicyclic) bond motifs is 1.